The molecule has 0 bridgehead atoms. The number of pyridine rings is 1. The summed E-state index contributed by atoms with van der Waals surface area (Å²) in [6, 6.07) is 15.3. The summed E-state index contributed by atoms with van der Waals surface area (Å²) in [6.45, 7) is 1.28. The molecule has 5 heterocycles. The van der Waals surface area contributed by atoms with Crippen molar-refractivity contribution in [1.82, 2.24) is 35.3 Å². The number of nitrogens with zero attached hydrogens (tertiary/aromatic N) is 5. The van der Waals surface area contributed by atoms with Crippen molar-refractivity contribution >= 4 is 35.2 Å². The second-order valence-corrected chi connectivity index (χ2v) is 12.3. The number of amides is 5. The van der Waals surface area contributed by atoms with E-state index in [1.54, 1.807) is 36.7 Å². The molecule has 264 valence electrons. The van der Waals surface area contributed by atoms with Gasteiger partial charge in [-0.3, -0.25) is 39.2 Å². The summed E-state index contributed by atoms with van der Waals surface area (Å²) in [6.07, 6.45) is 6.38. The van der Waals surface area contributed by atoms with Crippen molar-refractivity contribution in [3.05, 3.63) is 113 Å². The number of aromatic nitrogens is 4. The molecule has 6 N–H and O–H groups in total. The number of carbonyl (C=O) groups is 5. The number of nitrogens with two attached hydrogens (primary N) is 1. The highest BCUT2D eigenvalue weighted by molar-refractivity contribution is 6.07. The van der Waals surface area contributed by atoms with Gasteiger partial charge in [-0.05, 0) is 67.3 Å². The molecule has 2 aliphatic heterocycles. The number of hydrogen-bond donors (Lipinski definition) is 5. The molecule has 52 heavy (non-hydrogen) atoms. The Morgan fingerprint density at radius 2 is 1.81 bits per heavy atom. The fourth-order valence-corrected chi connectivity index (χ4v) is 6.22. The van der Waals surface area contributed by atoms with Crippen LogP contribution < -0.4 is 21.7 Å². The molecule has 2 atom stereocenters. The van der Waals surface area contributed by atoms with E-state index in [1.807, 2.05) is 30.3 Å². The third-order valence-electron chi connectivity index (χ3n) is 8.88. The number of hydrogen-bond acceptors (Lipinski definition) is 11. The normalized spacial score (nSPS) is 16.9. The van der Waals surface area contributed by atoms with Gasteiger partial charge < -0.3 is 25.9 Å². The Morgan fingerprint density at radius 3 is 2.56 bits per heavy atom. The van der Waals surface area contributed by atoms with Crippen LogP contribution in [0.3, 0.4) is 0 Å². The first-order valence-corrected chi connectivity index (χ1v) is 16.5. The minimum Gasteiger partial charge on any atom is -0.444 e. The zero-order chi connectivity index (χ0) is 36.4. The lowest BCUT2D eigenvalue weighted by Gasteiger charge is -2.31. The minimum atomic E-state index is -1.26. The molecule has 1 saturated heterocycles. The molecule has 3 aromatic heterocycles. The number of piperidine rings is 1. The number of carbonyl (C=O) groups excluding carboxylic acids is 5. The van der Waals surface area contributed by atoms with Crippen LogP contribution in [0.1, 0.15) is 73.5 Å². The van der Waals surface area contributed by atoms with Crippen LogP contribution in [0.25, 0.3) is 17.1 Å². The molecule has 5 aromatic rings. The van der Waals surface area contributed by atoms with E-state index in [2.05, 4.69) is 31.0 Å². The number of oxazole rings is 1. The van der Waals surface area contributed by atoms with Gasteiger partial charge in [-0.15, -0.1) is 0 Å². The molecule has 0 aliphatic carbocycles. The number of aliphatic hydroxyl groups is 1. The van der Waals surface area contributed by atoms with Crippen molar-refractivity contribution in [2.45, 2.75) is 44.5 Å². The number of aryl methyl sites for hydroxylation is 1. The van der Waals surface area contributed by atoms with Gasteiger partial charge in [0.05, 0.1) is 17.6 Å². The molecule has 16 nitrogen and oxygen atoms in total. The first kappa shape index (κ1) is 34.0. The van der Waals surface area contributed by atoms with Crippen LogP contribution in [0.2, 0.25) is 0 Å². The largest absolute Gasteiger partial charge is 0.444 e. The van der Waals surface area contributed by atoms with Gasteiger partial charge in [0.15, 0.2) is 17.6 Å². The average molecular weight is 704 g/mol. The maximum Gasteiger partial charge on any atom is 0.277 e. The summed E-state index contributed by atoms with van der Waals surface area (Å²) in [5.74, 6) is -2.57. The second-order valence-electron chi connectivity index (χ2n) is 12.3. The van der Waals surface area contributed by atoms with E-state index in [-0.39, 0.29) is 41.7 Å². The van der Waals surface area contributed by atoms with Gasteiger partial charge in [-0.25, -0.2) is 9.67 Å². The molecule has 0 spiro atoms. The van der Waals surface area contributed by atoms with E-state index in [9.17, 15) is 29.1 Å². The van der Waals surface area contributed by atoms with Gasteiger partial charge in [0.25, 0.3) is 17.7 Å². The van der Waals surface area contributed by atoms with Gasteiger partial charge >= 0.3 is 0 Å². The lowest BCUT2D eigenvalue weighted by molar-refractivity contribution is -0.139. The molecule has 0 saturated carbocycles. The Balaban J connectivity index is 0.911. The van der Waals surface area contributed by atoms with E-state index in [0.29, 0.717) is 41.9 Å². The molecule has 0 radical (unpaired) electrons. The Morgan fingerprint density at radius 1 is 1.04 bits per heavy atom. The predicted molar refractivity (Wildman–Crippen MR) is 184 cm³/mol. The van der Waals surface area contributed by atoms with E-state index in [0.717, 1.165) is 22.4 Å². The molecule has 16 heteroatoms. The first-order chi connectivity index (χ1) is 25.2. The van der Waals surface area contributed by atoms with Crippen LogP contribution in [0.5, 0.6) is 0 Å². The summed E-state index contributed by atoms with van der Waals surface area (Å²) in [5, 5.41) is 23.5. The molecular formula is C36H33N9O7. The second kappa shape index (κ2) is 14.4. The van der Waals surface area contributed by atoms with Gasteiger partial charge in [-0.1, -0.05) is 24.3 Å². The van der Waals surface area contributed by atoms with Crippen molar-refractivity contribution in [3.8, 4) is 17.1 Å². The highest BCUT2D eigenvalue weighted by Crippen LogP contribution is 2.36. The zero-order valence-corrected chi connectivity index (χ0v) is 27.6. The van der Waals surface area contributed by atoms with E-state index in [4.69, 9.17) is 10.2 Å². The molecule has 2 aliphatic rings. The molecule has 2 aromatic carbocycles. The molecule has 2 unspecified atom stereocenters. The molecule has 5 amide bonds. The Bertz CT molecular complexity index is 2180. The topological polar surface area (TPSA) is 228 Å². The van der Waals surface area contributed by atoms with E-state index in [1.165, 1.54) is 17.1 Å². The van der Waals surface area contributed by atoms with Crippen molar-refractivity contribution in [1.29, 1.82) is 0 Å². The van der Waals surface area contributed by atoms with Crippen LogP contribution in [0.15, 0.2) is 83.9 Å². The summed E-state index contributed by atoms with van der Waals surface area (Å²) < 4.78 is 6.87. The maximum absolute atomic E-state index is 13.0. The zero-order valence-electron chi connectivity index (χ0n) is 27.6. The molecule has 1 fully saturated rings. The summed E-state index contributed by atoms with van der Waals surface area (Å²) in [7, 11) is 0. The number of fused-ring (bicyclic) bond motifs is 1. The summed E-state index contributed by atoms with van der Waals surface area (Å²) in [4.78, 5) is 71.3. The monoisotopic (exact) mass is 703 g/mol. The lowest BCUT2D eigenvalue weighted by Crippen LogP contribution is -2.53. The highest BCUT2D eigenvalue weighted by Gasteiger charge is 2.44. The Hall–Kier alpha value is -6.52. The van der Waals surface area contributed by atoms with Crippen molar-refractivity contribution in [2.24, 2.45) is 5.73 Å². The van der Waals surface area contributed by atoms with Crippen molar-refractivity contribution in [2.75, 3.05) is 11.9 Å². The van der Waals surface area contributed by atoms with E-state index >= 15 is 0 Å². The first-order valence-electron chi connectivity index (χ1n) is 16.5. The average Bonchev–Trinajstić information content (AvgIpc) is 3.87. The predicted octanol–water partition coefficient (Wildman–Crippen LogP) is 2.25. The number of rotatable bonds is 12. The van der Waals surface area contributed by atoms with Crippen molar-refractivity contribution in [3.63, 3.8) is 0 Å². The number of benzene rings is 2. The molecule has 7 rings (SSSR count). The van der Waals surface area contributed by atoms with Gasteiger partial charge in [0.1, 0.15) is 12.3 Å². The lowest BCUT2D eigenvalue weighted by atomic mass is 10.0. The van der Waals surface area contributed by atoms with Gasteiger partial charge in [0.2, 0.25) is 17.7 Å². The third kappa shape index (κ3) is 6.92. The summed E-state index contributed by atoms with van der Waals surface area (Å²) >= 11 is 0. The quantitative estimate of drug-likeness (QED) is 0.0935. The number of anilines is 1. The fourth-order valence-electron chi connectivity index (χ4n) is 6.22. The SMILES string of the molecule is NC(=O)c1nn(-c2ccc(CNCCCc3ccc4c(c3)C(O)N(C3CCC(=O)NC3=O)C4=O)cc2)cc1NC(=O)c1coc(-c2ccncc2)n1. The Kier molecular flexibility index (Phi) is 9.39. The third-order valence-corrected chi connectivity index (χ3v) is 8.88. The van der Waals surface area contributed by atoms with Crippen LogP contribution in [0.4, 0.5) is 5.69 Å². The smallest absolute Gasteiger partial charge is 0.277 e. The maximum atomic E-state index is 13.0. The summed E-state index contributed by atoms with van der Waals surface area (Å²) in [5.41, 5.74) is 9.62. The molecular weight excluding hydrogens is 670 g/mol. The number of imide groups is 1. The number of aliphatic hydroxyl groups excluding tert-OH is 1. The fraction of sp³-hybridized carbons (Fsp3) is 0.222. The van der Waals surface area contributed by atoms with Gasteiger partial charge in [0, 0.05) is 42.0 Å². The van der Waals surface area contributed by atoms with Crippen LogP contribution >= 0.6 is 0 Å². The standard InChI is InChI=1S/C36H33N9O7/c37-31(47)30-26(40-32(48)27-19-52-34(41-27)22-11-14-38-15-12-22)18-44(43-30)23-6-3-21(4-7-23)17-39-13-1-2-20-5-8-24-25(16-20)36(51)45(35(24)50)28-9-10-29(46)42-33(28)49/h3-8,11-12,14-16,18-19,28,36,39,51H,1-2,9-10,13,17H2,(H2,37,47)(H,40,48)(H,42,46,49). The van der Waals surface area contributed by atoms with Crippen molar-refractivity contribution < 1.29 is 33.5 Å². The number of nitrogens with one attached hydrogen (secondary N) is 3. The number of primary amides is 1. The van der Waals surface area contributed by atoms with E-state index < -0.39 is 35.9 Å². The minimum absolute atomic E-state index is 0.00720. The van der Waals surface area contributed by atoms with Gasteiger partial charge in [-0.2, -0.15) is 5.10 Å². The van der Waals surface area contributed by atoms with Crippen LogP contribution in [0, 0.1) is 0 Å². The Labute approximate surface area is 296 Å². The highest BCUT2D eigenvalue weighted by atomic mass is 16.3. The van der Waals surface area contributed by atoms with Crippen LogP contribution in [-0.4, -0.2) is 71.9 Å². The van der Waals surface area contributed by atoms with Crippen LogP contribution in [-0.2, 0) is 22.6 Å².